The number of pyridine rings is 1. The first-order valence-electron chi connectivity index (χ1n) is 5.70. The van der Waals surface area contributed by atoms with E-state index in [-0.39, 0.29) is 11.4 Å². The molecule has 0 saturated carbocycles. The van der Waals surface area contributed by atoms with Crippen molar-refractivity contribution in [3.8, 4) is 5.75 Å². The van der Waals surface area contributed by atoms with Crippen molar-refractivity contribution in [3.63, 3.8) is 0 Å². The van der Waals surface area contributed by atoms with Crippen LogP contribution < -0.4 is 5.32 Å². The van der Waals surface area contributed by atoms with Crippen LogP contribution in [0.5, 0.6) is 5.75 Å². The van der Waals surface area contributed by atoms with Gasteiger partial charge in [0.2, 0.25) is 0 Å². The Hall–Kier alpha value is -2.63. The monoisotopic (exact) mass is 259 g/mol. The standard InChI is InChI=1S/C13H13N3O3/c1-9-11(16(18)19)6-7-13(15-9)14-8-10-4-2-3-5-12(10)17/h2-7,17H,8H2,1H3,(H,14,15). The lowest BCUT2D eigenvalue weighted by atomic mass is 10.2. The Kier molecular flexibility index (Phi) is 3.61. The fourth-order valence-electron chi connectivity index (χ4n) is 1.69. The molecule has 0 spiro atoms. The van der Waals surface area contributed by atoms with Gasteiger partial charge in [0.05, 0.1) is 4.92 Å². The molecule has 0 aliphatic rings. The quantitative estimate of drug-likeness (QED) is 0.650. The van der Waals surface area contributed by atoms with Crippen LogP contribution in [0.4, 0.5) is 11.5 Å². The molecule has 2 rings (SSSR count). The molecule has 0 amide bonds. The molecule has 6 heteroatoms. The van der Waals surface area contributed by atoms with Crippen molar-refractivity contribution in [2.45, 2.75) is 13.5 Å². The summed E-state index contributed by atoms with van der Waals surface area (Å²) in [6, 6.07) is 9.92. The Morgan fingerprint density at radius 1 is 1.32 bits per heavy atom. The average Bonchev–Trinajstić information content (AvgIpc) is 2.37. The van der Waals surface area contributed by atoms with Crippen LogP contribution in [0.25, 0.3) is 0 Å². The second kappa shape index (κ2) is 5.34. The van der Waals surface area contributed by atoms with Crippen molar-refractivity contribution in [1.29, 1.82) is 0 Å². The maximum absolute atomic E-state index is 10.7. The lowest BCUT2D eigenvalue weighted by molar-refractivity contribution is -0.385. The SMILES string of the molecule is Cc1nc(NCc2ccccc2O)ccc1[N+](=O)[O-]. The van der Waals surface area contributed by atoms with Gasteiger partial charge in [0.15, 0.2) is 0 Å². The first kappa shape index (κ1) is 12.8. The Morgan fingerprint density at radius 3 is 2.68 bits per heavy atom. The average molecular weight is 259 g/mol. The molecule has 0 atom stereocenters. The highest BCUT2D eigenvalue weighted by atomic mass is 16.6. The number of hydrogen-bond donors (Lipinski definition) is 2. The summed E-state index contributed by atoms with van der Waals surface area (Å²) in [4.78, 5) is 14.3. The highest BCUT2D eigenvalue weighted by Crippen LogP contribution is 2.20. The molecular formula is C13H13N3O3. The zero-order chi connectivity index (χ0) is 13.8. The van der Waals surface area contributed by atoms with E-state index in [4.69, 9.17) is 0 Å². The Morgan fingerprint density at radius 2 is 2.05 bits per heavy atom. The predicted molar refractivity (Wildman–Crippen MR) is 71.1 cm³/mol. The van der Waals surface area contributed by atoms with E-state index in [2.05, 4.69) is 10.3 Å². The van der Waals surface area contributed by atoms with Crippen LogP contribution in [-0.4, -0.2) is 15.0 Å². The summed E-state index contributed by atoms with van der Waals surface area (Å²) in [6.45, 7) is 1.99. The van der Waals surface area contributed by atoms with E-state index in [1.807, 2.05) is 6.07 Å². The van der Waals surface area contributed by atoms with Crippen LogP contribution in [0.3, 0.4) is 0 Å². The minimum atomic E-state index is -0.463. The summed E-state index contributed by atoms with van der Waals surface area (Å²) in [5.74, 6) is 0.736. The number of aromatic nitrogens is 1. The molecule has 2 N–H and O–H groups in total. The third kappa shape index (κ3) is 2.98. The molecule has 0 fully saturated rings. The fourth-order valence-corrected chi connectivity index (χ4v) is 1.69. The Labute approximate surface area is 109 Å². The van der Waals surface area contributed by atoms with Crippen molar-refractivity contribution in [1.82, 2.24) is 4.98 Å². The van der Waals surface area contributed by atoms with Crippen LogP contribution in [0, 0.1) is 17.0 Å². The van der Waals surface area contributed by atoms with Gasteiger partial charge in [-0.05, 0) is 19.1 Å². The first-order chi connectivity index (χ1) is 9.08. The number of aromatic hydroxyl groups is 1. The largest absolute Gasteiger partial charge is 0.508 e. The number of nitrogens with zero attached hydrogens (tertiary/aromatic N) is 2. The maximum Gasteiger partial charge on any atom is 0.290 e. The predicted octanol–water partition coefficient (Wildman–Crippen LogP) is 2.62. The lowest BCUT2D eigenvalue weighted by Crippen LogP contribution is -2.03. The Bertz CT molecular complexity index is 614. The lowest BCUT2D eigenvalue weighted by Gasteiger charge is -2.07. The van der Waals surface area contributed by atoms with Crippen molar-refractivity contribution >= 4 is 11.5 Å². The molecule has 0 unspecified atom stereocenters. The van der Waals surface area contributed by atoms with Crippen molar-refractivity contribution in [2.75, 3.05) is 5.32 Å². The topological polar surface area (TPSA) is 88.3 Å². The molecule has 1 heterocycles. The number of aryl methyl sites for hydroxylation is 1. The number of nitrogens with one attached hydrogen (secondary N) is 1. The smallest absolute Gasteiger partial charge is 0.290 e. The van der Waals surface area contributed by atoms with E-state index < -0.39 is 4.92 Å². The van der Waals surface area contributed by atoms with Gasteiger partial charge in [-0.1, -0.05) is 18.2 Å². The summed E-state index contributed by atoms with van der Waals surface area (Å²) in [5, 5.41) is 23.3. The molecular weight excluding hydrogens is 246 g/mol. The zero-order valence-electron chi connectivity index (χ0n) is 10.3. The minimum absolute atomic E-state index is 0.00638. The number of rotatable bonds is 4. The molecule has 19 heavy (non-hydrogen) atoms. The molecule has 0 aliphatic carbocycles. The molecule has 6 nitrogen and oxygen atoms in total. The normalized spacial score (nSPS) is 10.2. The van der Waals surface area contributed by atoms with Crippen molar-refractivity contribution in [3.05, 3.63) is 57.8 Å². The van der Waals surface area contributed by atoms with Crippen molar-refractivity contribution < 1.29 is 10.0 Å². The van der Waals surface area contributed by atoms with Gasteiger partial charge < -0.3 is 10.4 Å². The molecule has 0 saturated heterocycles. The van der Waals surface area contributed by atoms with E-state index in [0.717, 1.165) is 5.56 Å². The molecule has 0 aliphatic heterocycles. The van der Waals surface area contributed by atoms with Gasteiger partial charge in [-0.25, -0.2) is 4.98 Å². The molecule has 98 valence electrons. The van der Waals surface area contributed by atoms with Gasteiger partial charge >= 0.3 is 0 Å². The third-order valence-corrected chi connectivity index (χ3v) is 2.71. The first-order valence-corrected chi connectivity index (χ1v) is 5.70. The maximum atomic E-state index is 10.7. The van der Waals surface area contributed by atoms with E-state index in [9.17, 15) is 15.2 Å². The van der Waals surface area contributed by atoms with Gasteiger partial charge in [-0.15, -0.1) is 0 Å². The number of phenols is 1. The summed E-state index contributed by atoms with van der Waals surface area (Å²) < 4.78 is 0. The molecule has 1 aromatic carbocycles. The summed E-state index contributed by atoms with van der Waals surface area (Å²) in [7, 11) is 0. The molecule has 0 bridgehead atoms. The Balaban J connectivity index is 2.11. The number of hydrogen-bond acceptors (Lipinski definition) is 5. The second-order valence-corrected chi connectivity index (χ2v) is 4.04. The number of benzene rings is 1. The van der Waals surface area contributed by atoms with Crippen LogP contribution >= 0.6 is 0 Å². The second-order valence-electron chi connectivity index (χ2n) is 4.04. The third-order valence-electron chi connectivity index (χ3n) is 2.71. The zero-order valence-corrected chi connectivity index (χ0v) is 10.3. The fraction of sp³-hybridized carbons (Fsp3) is 0.154. The van der Waals surface area contributed by atoms with Gasteiger partial charge in [-0.3, -0.25) is 10.1 Å². The number of anilines is 1. The van der Waals surface area contributed by atoms with E-state index in [0.29, 0.717) is 18.1 Å². The van der Waals surface area contributed by atoms with Gasteiger partial charge in [0, 0.05) is 18.2 Å². The number of nitro groups is 1. The van der Waals surface area contributed by atoms with Crippen LogP contribution in [0.15, 0.2) is 36.4 Å². The van der Waals surface area contributed by atoms with E-state index in [1.54, 1.807) is 31.2 Å². The summed E-state index contributed by atoms with van der Waals surface area (Å²) in [5.41, 5.74) is 1.08. The number of para-hydroxylation sites is 1. The summed E-state index contributed by atoms with van der Waals surface area (Å²) in [6.07, 6.45) is 0. The number of phenolic OH excluding ortho intramolecular Hbond substituents is 1. The molecule has 2 aromatic rings. The molecule has 0 radical (unpaired) electrons. The van der Waals surface area contributed by atoms with Gasteiger partial charge in [-0.2, -0.15) is 0 Å². The highest BCUT2D eigenvalue weighted by molar-refractivity contribution is 5.46. The van der Waals surface area contributed by atoms with Crippen LogP contribution in [0.2, 0.25) is 0 Å². The van der Waals surface area contributed by atoms with Crippen molar-refractivity contribution in [2.24, 2.45) is 0 Å². The van der Waals surface area contributed by atoms with Gasteiger partial charge in [0.25, 0.3) is 5.69 Å². The van der Waals surface area contributed by atoms with Crippen LogP contribution in [0.1, 0.15) is 11.3 Å². The van der Waals surface area contributed by atoms with Crippen LogP contribution in [-0.2, 0) is 6.54 Å². The summed E-state index contributed by atoms with van der Waals surface area (Å²) >= 11 is 0. The molecule has 1 aromatic heterocycles. The van der Waals surface area contributed by atoms with E-state index >= 15 is 0 Å². The van der Waals surface area contributed by atoms with Gasteiger partial charge in [0.1, 0.15) is 17.3 Å². The minimum Gasteiger partial charge on any atom is -0.508 e. The highest BCUT2D eigenvalue weighted by Gasteiger charge is 2.11. The van der Waals surface area contributed by atoms with E-state index in [1.165, 1.54) is 6.07 Å².